The first-order chi connectivity index (χ1) is 14.4. The van der Waals surface area contributed by atoms with Gasteiger partial charge in [0.05, 0.1) is 0 Å². The predicted octanol–water partition coefficient (Wildman–Crippen LogP) is 4.09. The molecule has 3 rings (SSSR count). The molecule has 0 aromatic heterocycles. The molecule has 1 aliphatic rings. The topological polar surface area (TPSA) is 53.9 Å². The first kappa shape index (κ1) is 22.4. The van der Waals surface area contributed by atoms with E-state index < -0.39 is 22.6 Å². The summed E-state index contributed by atoms with van der Waals surface area (Å²) in [5.41, 5.74) is 0.896. The Labute approximate surface area is 179 Å². The summed E-state index contributed by atoms with van der Waals surface area (Å²) in [5, 5.41) is 9.25. The van der Waals surface area contributed by atoms with Gasteiger partial charge in [0.25, 0.3) is 5.91 Å². The highest BCUT2D eigenvalue weighted by Crippen LogP contribution is 2.50. The maximum atomic E-state index is 14.5. The Morgan fingerprint density at radius 1 is 1.27 bits per heavy atom. The molecule has 0 bridgehead atoms. The molecule has 2 aromatic rings. The number of benzene rings is 2. The number of halogens is 2. The van der Waals surface area contributed by atoms with Crippen LogP contribution in [0.2, 0.25) is 0 Å². The number of nitrogens with one attached hydrogen (secondary N) is 1. The lowest BCUT2D eigenvalue weighted by Gasteiger charge is -2.37. The minimum absolute atomic E-state index is 0.0364. The number of hydrazone groups is 1. The van der Waals surface area contributed by atoms with Crippen LogP contribution in [0.5, 0.6) is 0 Å². The van der Waals surface area contributed by atoms with E-state index in [1.165, 1.54) is 23.9 Å². The summed E-state index contributed by atoms with van der Waals surface area (Å²) in [6.45, 7) is 2.38. The minimum atomic E-state index is -0.893. The highest BCUT2D eigenvalue weighted by Gasteiger charge is 2.49. The second-order valence-electron chi connectivity index (χ2n) is 7.02. The molecule has 2 atom stereocenters. The quantitative estimate of drug-likeness (QED) is 0.637. The first-order valence-corrected chi connectivity index (χ1v) is 10.5. The van der Waals surface area contributed by atoms with E-state index in [-0.39, 0.29) is 16.5 Å². The summed E-state index contributed by atoms with van der Waals surface area (Å²) in [6.07, 6.45) is 0.575. The number of hydrogen-bond acceptors (Lipinski definition) is 5. The van der Waals surface area contributed by atoms with Crippen molar-refractivity contribution in [3.8, 4) is 0 Å². The molecular weight excluding hydrogens is 408 g/mol. The van der Waals surface area contributed by atoms with Crippen molar-refractivity contribution >= 4 is 22.7 Å². The van der Waals surface area contributed by atoms with Gasteiger partial charge in [-0.05, 0) is 57.1 Å². The Morgan fingerprint density at radius 3 is 2.67 bits per heavy atom. The zero-order valence-corrected chi connectivity index (χ0v) is 18.0. The van der Waals surface area contributed by atoms with E-state index in [0.29, 0.717) is 6.42 Å². The Hall–Kier alpha value is -2.29. The number of amides is 1. The lowest BCUT2D eigenvalue weighted by Crippen LogP contribution is -2.46. The third kappa shape index (κ3) is 4.40. The van der Waals surface area contributed by atoms with Crippen LogP contribution in [-0.2, 0) is 14.4 Å². The lowest BCUT2D eigenvalue weighted by atomic mass is 9.99. The molecule has 2 unspecified atom stereocenters. The predicted molar refractivity (Wildman–Crippen MR) is 115 cm³/mol. The average Bonchev–Trinajstić information content (AvgIpc) is 3.15. The van der Waals surface area contributed by atoms with Crippen molar-refractivity contribution in [3.63, 3.8) is 0 Å². The maximum Gasteiger partial charge on any atom is 0.273 e. The van der Waals surface area contributed by atoms with Crippen LogP contribution >= 0.6 is 11.8 Å². The number of carbonyl (C=O) groups excluding carboxylic acids is 1. The average molecular weight is 434 g/mol. The zero-order valence-electron chi connectivity index (χ0n) is 17.2. The minimum Gasteiger partial charge on any atom is -0.372 e. The summed E-state index contributed by atoms with van der Waals surface area (Å²) in [6, 6.07) is 12.8. The van der Waals surface area contributed by atoms with Gasteiger partial charge in [-0.1, -0.05) is 42.1 Å². The molecule has 1 heterocycles. The van der Waals surface area contributed by atoms with Gasteiger partial charge < -0.3 is 10.1 Å². The summed E-state index contributed by atoms with van der Waals surface area (Å²) >= 11 is 1.27. The van der Waals surface area contributed by atoms with Gasteiger partial charge in [-0.25, -0.2) is 13.8 Å². The standard InChI is InChI=1S/C22H25F2N3O2S/c1-15(29-3)21(28)27-22(12-7-13-25-2,16-8-5-4-6-9-16)30-20(26-27)18-14-17(23)10-11-19(18)24/h4-6,8-11,14-15,25H,7,12-13H2,1-3H3. The van der Waals surface area contributed by atoms with Crippen molar-refractivity contribution < 1.29 is 18.3 Å². The van der Waals surface area contributed by atoms with Crippen LogP contribution in [-0.4, -0.2) is 42.8 Å². The molecule has 0 fully saturated rings. The molecule has 0 saturated heterocycles. The molecule has 0 radical (unpaired) electrons. The fourth-order valence-corrected chi connectivity index (χ4v) is 4.78. The van der Waals surface area contributed by atoms with Crippen LogP contribution in [0, 0.1) is 11.6 Å². The number of rotatable bonds is 8. The second kappa shape index (κ2) is 9.68. The zero-order chi connectivity index (χ0) is 21.7. The largest absolute Gasteiger partial charge is 0.372 e. The molecule has 1 aliphatic heterocycles. The summed E-state index contributed by atoms with van der Waals surface area (Å²) < 4.78 is 33.6. The molecule has 8 heteroatoms. The van der Waals surface area contributed by atoms with E-state index in [2.05, 4.69) is 10.4 Å². The third-order valence-electron chi connectivity index (χ3n) is 5.03. The van der Waals surface area contributed by atoms with E-state index >= 15 is 0 Å². The van der Waals surface area contributed by atoms with E-state index in [1.54, 1.807) is 6.92 Å². The van der Waals surface area contributed by atoms with Crippen LogP contribution in [0.3, 0.4) is 0 Å². The van der Waals surface area contributed by atoms with Gasteiger partial charge in [0.2, 0.25) is 0 Å². The highest BCUT2D eigenvalue weighted by molar-refractivity contribution is 8.15. The normalized spacial score (nSPS) is 19.6. The van der Waals surface area contributed by atoms with Crippen LogP contribution in [0.25, 0.3) is 0 Å². The fraction of sp³-hybridized carbons (Fsp3) is 0.364. The van der Waals surface area contributed by atoms with Gasteiger partial charge in [0.15, 0.2) is 0 Å². The van der Waals surface area contributed by atoms with Crippen molar-refractivity contribution in [2.75, 3.05) is 20.7 Å². The van der Waals surface area contributed by atoms with E-state index in [1.807, 2.05) is 37.4 Å². The van der Waals surface area contributed by atoms with Crippen molar-refractivity contribution in [1.82, 2.24) is 10.3 Å². The molecule has 0 spiro atoms. The van der Waals surface area contributed by atoms with Crippen LogP contribution in [0.1, 0.15) is 30.9 Å². The van der Waals surface area contributed by atoms with Gasteiger partial charge in [0.1, 0.15) is 27.7 Å². The van der Waals surface area contributed by atoms with Gasteiger partial charge in [0, 0.05) is 12.7 Å². The van der Waals surface area contributed by atoms with Crippen molar-refractivity contribution in [3.05, 3.63) is 71.3 Å². The smallest absolute Gasteiger partial charge is 0.273 e. The molecule has 2 aromatic carbocycles. The summed E-state index contributed by atoms with van der Waals surface area (Å²) in [7, 11) is 3.31. The SMILES string of the molecule is CNCCCC1(c2ccccc2)SC(c2cc(F)ccc2F)=NN1C(=O)C(C)OC. The molecule has 0 saturated carbocycles. The first-order valence-electron chi connectivity index (χ1n) is 9.73. The third-order valence-corrected chi connectivity index (χ3v) is 6.48. The number of thioether (sulfide) groups is 1. The van der Waals surface area contributed by atoms with Gasteiger partial charge >= 0.3 is 0 Å². The molecular formula is C22H25F2N3O2S. The maximum absolute atomic E-state index is 14.5. The van der Waals surface area contributed by atoms with Crippen molar-refractivity contribution in [2.45, 2.75) is 30.7 Å². The van der Waals surface area contributed by atoms with Gasteiger partial charge in [-0.2, -0.15) is 5.10 Å². The number of ether oxygens (including phenoxy) is 1. The Balaban J connectivity index is 2.13. The molecule has 0 aliphatic carbocycles. The fourth-order valence-electron chi connectivity index (χ4n) is 3.35. The van der Waals surface area contributed by atoms with Crippen molar-refractivity contribution in [1.29, 1.82) is 0 Å². The van der Waals surface area contributed by atoms with E-state index in [9.17, 15) is 13.6 Å². The molecule has 160 valence electrons. The van der Waals surface area contributed by atoms with E-state index in [4.69, 9.17) is 4.74 Å². The van der Waals surface area contributed by atoms with Crippen LogP contribution < -0.4 is 5.32 Å². The monoisotopic (exact) mass is 433 g/mol. The summed E-state index contributed by atoms with van der Waals surface area (Å²) in [4.78, 5) is 12.3. The lowest BCUT2D eigenvalue weighted by molar-refractivity contribution is -0.144. The van der Waals surface area contributed by atoms with Crippen LogP contribution in [0.4, 0.5) is 8.78 Å². The second-order valence-corrected chi connectivity index (χ2v) is 8.28. The van der Waals surface area contributed by atoms with Gasteiger partial charge in [-0.15, -0.1) is 0 Å². The van der Waals surface area contributed by atoms with Crippen LogP contribution in [0.15, 0.2) is 53.6 Å². The van der Waals surface area contributed by atoms with E-state index in [0.717, 1.165) is 36.7 Å². The Morgan fingerprint density at radius 2 is 2.00 bits per heavy atom. The Kier molecular flexibility index (Phi) is 7.23. The molecule has 1 N–H and O–H groups in total. The molecule has 5 nitrogen and oxygen atoms in total. The molecule has 30 heavy (non-hydrogen) atoms. The number of methoxy groups -OCH3 is 1. The highest BCUT2D eigenvalue weighted by atomic mass is 32.2. The van der Waals surface area contributed by atoms with Gasteiger partial charge in [-0.3, -0.25) is 4.79 Å². The number of nitrogens with zero attached hydrogens (tertiary/aromatic N) is 2. The summed E-state index contributed by atoms with van der Waals surface area (Å²) in [5.74, 6) is -1.50. The Bertz CT molecular complexity index is 926. The number of hydrogen-bond donors (Lipinski definition) is 1. The molecule has 1 amide bonds. The number of carbonyl (C=O) groups is 1. The van der Waals surface area contributed by atoms with Crippen molar-refractivity contribution in [2.24, 2.45) is 5.10 Å².